The first-order valence-electron chi connectivity index (χ1n) is 14.4. The molecule has 0 saturated carbocycles. The lowest BCUT2D eigenvalue weighted by Gasteiger charge is -2.23. The standard InChI is InChI=1S/C32H46N2O8S2/c1-31(2,3)23-43(37,38)33-27(19-25-13-9-7-10-14-25)21-41-29(35)17-18-30(36)42-22-28(20-26-15-11-8-12-16-26)34-44(39,40)24-32(4,5)6/h7-18,27-28,33-34H,19-24H2,1-6H3/b18-17+/t27-,28-/m1/s1. The zero-order valence-corrected chi connectivity index (χ0v) is 28.0. The largest absolute Gasteiger partial charge is 0.461 e. The lowest BCUT2D eigenvalue weighted by molar-refractivity contribution is -0.141. The first-order chi connectivity index (χ1) is 20.3. The molecule has 0 fully saturated rings. The van der Waals surface area contributed by atoms with Crippen molar-refractivity contribution in [3.05, 3.63) is 83.9 Å². The van der Waals surface area contributed by atoms with Crippen LogP contribution in [0.1, 0.15) is 52.7 Å². The van der Waals surface area contributed by atoms with E-state index in [0.29, 0.717) is 0 Å². The number of rotatable bonds is 16. The predicted octanol–water partition coefficient (Wildman–Crippen LogP) is 3.78. The van der Waals surface area contributed by atoms with Crippen molar-refractivity contribution in [3.8, 4) is 0 Å². The smallest absolute Gasteiger partial charge is 0.331 e. The van der Waals surface area contributed by atoms with Crippen LogP contribution in [0.25, 0.3) is 0 Å². The van der Waals surface area contributed by atoms with Crippen molar-refractivity contribution >= 4 is 32.0 Å². The average Bonchev–Trinajstić information content (AvgIpc) is 2.87. The van der Waals surface area contributed by atoms with E-state index in [0.717, 1.165) is 23.3 Å². The quantitative estimate of drug-likeness (QED) is 0.206. The third-order valence-corrected chi connectivity index (χ3v) is 9.67. The van der Waals surface area contributed by atoms with Gasteiger partial charge in [-0.05, 0) is 34.8 Å². The maximum Gasteiger partial charge on any atom is 0.331 e. The molecule has 2 aromatic rings. The average molecular weight is 651 g/mol. The molecule has 0 aromatic heterocycles. The van der Waals surface area contributed by atoms with Gasteiger partial charge >= 0.3 is 11.9 Å². The molecule has 0 aliphatic rings. The summed E-state index contributed by atoms with van der Waals surface area (Å²) in [4.78, 5) is 24.8. The molecule has 2 N–H and O–H groups in total. The van der Waals surface area contributed by atoms with E-state index in [9.17, 15) is 26.4 Å². The number of carbonyl (C=O) groups is 2. The second-order valence-corrected chi connectivity index (χ2v) is 16.7. The minimum Gasteiger partial charge on any atom is -0.461 e. The molecule has 0 bridgehead atoms. The maximum atomic E-state index is 12.7. The lowest BCUT2D eigenvalue weighted by Crippen LogP contribution is -2.43. The van der Waals surface area contributed by atoms with E-state index in [-0.39, 0.29) is 37.6 Å². The van der Waals surface area contributed by atoms with Gasteiger partial charge in [-0.2, -0.15) is 0 Å². The van der Waals surface area contributed by atoms with Gasteiger partial charge in [0.1, 0.15) is 13.2 Å². The van der Waals surface area contributed by atoms with E-state index >= 15 is 0 Å². The summed E-state index contributed by atoms with van der Waals surface area (Å²) in [6.45, 7) is 10.4. The van der Waals surface area contributed by atoms with Gasteiger partial charge in [0.2, 0.25) is 20.0 Å². The van der Waals surface area contributed by atoms with Crippen LogP contribution in [0.2, 0.25) is 0 Å². The highest BCUT2D eigenvalue weighted by Gasteiger charge is 2.27. The van der Waals surface area contributed by atoms with Gasteiger partial charge in [0.15, 0.2) is 0 Å². The third kappa shape index (κ3) is 16.7. The molecule has 0 saturated heterocycles. The van der Waals surface area contributed by atoms with Crippen molar-refractivity contribution in [2.75, 3.05) is 24.7 Å². The van der Waals surface area contributed by atoms with Crippen LogP contribution in [-0.2, 0) is 52.0 Å². The fourth-order valence-corrected chi connectivity index (χ4v) is 8.16. The molecule has 244 valence electrons. The molecule has 12 heteroatoms. The summed E-state index contributed by atoms with van der Waals surface area (Å²) in [5.74, 6) is -1.94. The van der Waals surface area contributed by atoms with Crippen molar-refractivity contribution in [2.24, 2.45) is 10.8 Å². The Hall–Kier alpha value is -3.06. The second kappa shape index (κ2) is 16.3. The lowest BCUT2D eigenvalue weighted by atomic mass is 10.0. The Balaban J connectivity index is 2.00. The Morgan fingerprint density at radius 3 is 1.25 bits per heavy atom. The highest BCUT2D eigenvalue weighted by atomic mass is 32.2. The molecule has 0 radical (unpaired) electrons. The zero-order valence-electron chi connectivity index (χ0n) is 26.4. The van der Waals surface area contributed by atoms with Crippen molar-refractivity contribution < 1.29 is 35.9 Å². The van der Waals surface area contributed by atoms with Crippen molar-refractivity contribution in [2.45, 2.75) is 66.5 Å². The normalized spacial score (nSPS) is 14.2. The predicted molar refractivity (Wildman–Crippen MR) is 172 cm³/mol. The van der Waals surface area contributed by atoms with E-state index < -0.39 is 54.9 Å². The van der Waals surface area contributed by atoms with Crippen LogP contribution >= 0.6 is 0 Å². The van der Waals surface area contributed by atoms with Gasteiger partial charge in [-0.25, -0.2) is 35.9 Å². The SMILES string of the molecule is CC(C)(C)CS(=O)(=O)N[C@@H](COC(=O)/C=C/C(=O)OC[C@@H](Cc1ccccc1)NS(=O)(=O)CC(C)(C)C)Cc1ccccc1. The molecule has 2 rings (SSSR count). The molecule has 10 nitrogen and oxygen atoms in total. The van der Waals surface area contributed by atoms with Crippen LogP contribution in [0.4, 0.5) is 0 Å². The number of esters is 2. The minimum atomic E-state index is -3.68. The molecule has 0 spiro atoms. The summed E-state index contributed by atoms with van der Waals surface area (Å²) in [6.07, 6.45) is 2.36. The van der Waals surface area contributed by atoms with Gasteiger partial charge in [0.25, 0.3) is 0 Å². The van der Waals surface area contributed by atoms with Crippen molar-refractivity contribution in [1.29, 1.82) is 0 Å². The number of nitrogens with one attached hydrogen (secondary N) is 2. The van der Waals surface area contributed by atoms with E-state index in [2.05, 4.69) is 9.44 Å². The fraction of sp³-hybridized carbons (Fsp3) is 0.500. The highest BCUT2D eigenvalue weighted by molar-refractivity contribution is 7.89. The van der Waals surface area contributed by atoms with E-state index in [1.165, 1.54) is 0 Å². The molecule has 0 aliphatic carbocycles. The number of benzene rings is 2. The molecular weight excluding hydrogens is 604 g/mol. The van der Waals surface area contributed by atoms with Crippen LogP contribution in [-0.4, -0.2) is 65.6 Å². The van der Waals surface area contributed by atoms with Gasteiger partial charge in [0.05, 0.1) is 23.6 Å². The van der Waals surface area contributed by atoms with Gasteiger partial charge in [-0.3, -0.25) is 0 Å². The maximum absolute atomic E-state index is 12.7. The van der Waals surface area contributed by atoms with Gasteiger partial charge in [-0.1, -0.05) is 102 Å². The zero-order chi connectivity index (χ0) is 33.0. The molecule has 44 heavy (non-hydrogen) atoms. The Bertz CT molecular complexity index is 1330. The number of carbonyl (C=O) groups excluding carboxylic acids is 2. The molecule has 0 amide bonds. The Labute approximate surface area is 262 Å². The van der Waals surface area contributed by atoms with Crippen LogP contribution in [0.15, 0.2) is 72.8 Å². The van der Waals surface area contributed by atoms with Crippen LogP contribution in [0, 0.1) is 10.8 Å². The molecular formula is C32H46N2O8S2. The summed E-state index contributed by atoms with van der Waals surface area (Å²) in [6, 6.07) is 16.9. The summed E-state index contributed by atoms with van der Waals surface area (Å²) >= 11 is 0. The molecule has 2 atom stereocenters. The Kier molecular flexibility index (Phi) is 13.8. The molecule has 0 unspecified atom stereocenters. The molecule has 2 aromatic carbocycles. The Morgan fingerprint density at radius 2 is 0.955 bits per heavy atom. The first-order valence-corrected chi connectivity index (χ1v) is 17.7. The minimum absolute atomic E-state index is 0.109. The van der Waals surface area contributed by atoms with Crippen LogP contribution in [0.3, 0.4) is 0 Å². The summed E-state index contributed by atoms with van der Waals surface area (Å²) in [5.41, 5.74) is 0.758. The molecule has 0 heterocycles. The van der Waals surface area contributed by atoms with E-state index in [4.69, 9.17) is 9.47 Å². The monoisotopic (exact) mass is 650 g/mol. The van der Waals surface area contributed by atoms with Gasteiger partial charge < -0.3 is 9.47 Å². The fourth-order valence-electron chi connectivity index (χ4n) is 4.40. The second-order valence-electron chi connectivity index (χ2n) is 13.2. The first kappa shape index (κ1) is 37.1. The Morgan fingerprint density at radius 1 is 0.636 bits per heavy atom. The number of hydrogen-bond donors (Lipinski definition) is 2. The summed E-state index contributed by atoms with van der Waals surface area (Å²) in [7, 11) is -7.35. The van der Waals surface area contributed by atoms with Crippen LogP contribution < -0.4 is 9.44 Å². The van der Waals surface area contributed by atoms with Gasteiger partial charge in [0, 0.05) is 12.2 Å². The number of sulfonamides is 2. The highest BCUT2D eigenvalue weighted by Crippen LogP contribution is 2.17. The van der Waals surface area contributed by atoms with E-state index in [1.54, 1.807) is 0 Å². The number of ether oxygens (including phenoxy) is 2. The van der Waals surface area contributed by atoms with Crippen LogP contribution in [0.5, 0.6) is 0 Å². The van der Waals surface area contributed by atoms with Crippen molar-refractivity contribution in [3.63, 3.8) is 0 Å². The molecule has 0 aliphatic heterocycles. The third-order valence-electron chi connectivity index (χ3n) is 5.80. The van der Waals surface area contributed by atoms with Gasteiger partial charge in [-0.15, -0.1) is 0 Å². The van der Waals surface area contributed by atoms with Crippen molar-refractivity contribution in [1.82, 2.24) is 9.44 Å². The number of hydrogen-bond acceptors (Lipinski definition) is 8. The topological polar surface area (TPSA) is 145 Å². The summed E-state index contributed by atoms with van der Waals surface area (Å²) < 4.78 is 66.7. The van der Waals surface area contributed by atoms with E-state index in [1.807, 2.05) is 102 Å². The summed E-state index contributed by atoms with van der Waals surface area (Å²) in [5, 5.41) is 0.